The van der Waals surface area contributed by atoms with Gasteiger partial charge < -0.3 is 4.42 Å². The Morgan fingerprint density at radius 3 is 2.58 bits per heavy atom. The van der Waals surface area contributed by atoms with Crippen molar-refractivity contribution in [3.8, 4) is 28.7 Å². The molecule has 0 spiro atoms. The van der Waals surface area contributed by atoms with Crippen LogP contribution in [0.4, 0.5) is 0 Å². The zero-order chi connectivity index (χ0) is 21.2. The van der Waals surface area contributed by atoms with E-state index in [2.05, 4.69) is 30.3 Å². The Morgan fingerprint density at radius 1 is 0.935 bits per heavy atom. The number of allylic oxidation sites excluding steroid dienone is 1. The summed E-state index contributed by atoms with van der Waals surface area (Å²) in [7, 11) is 0. The number of nitrogens with zero attached hydrogens (tertiary/aromatic N) is 2. The second-order valence-electron chi connectivity index (χ2n) is 6.92. The monoisotopic (exact) mass is 438 g/mol. The number of hydrogen-bond donors (Lipinski definition) is 0. The van der Waals surface area contributed by atoms with Crippen LogP contribution in [0.2, 0.25) is 5.02 Å². The summed E-state index contributed by atoms with van der Waals surface area (Å²) in [5.41, 5.74) is 3.18. The minimum absolute atomic E-state index is 0.455. The summed E-state index contributed by atoms with van der Waals surface area (Å²) in [5.74, 6) is 1.23. The Bertz CT molecular complexity index is 1470. The van der Waals surface area contributed by atoms with Gasteiger partial charge in [0.15, 0.2) is 0 Å². The van der Waals surface area contributed by atoms with Crippen molar-refractivity contribution in [3.63, 3.8) is 0 Å². The van der Waals surface area contributed by atoms with Crippen LogP contribution < -0.4 is 0 Å². The molecule has 3 nitrogen and oxygen atoms in total. The van der Waals surface area contributed by atoms with Crippen molar-refractivity contribution in [1.82, 2.24) is 4.98 Å². The van der Waals surface area contributed by atoms with Crippen molar-refractivity contribution < 1.29 is 4.42 Å². The molecule has 2 heterocycles. The molecular formula is C26H15ClN2OS. The molecule has 5 aromatic rings. The number of fused-ring (bicyclic) bond motifs is 1. The van der Waals surface area contributed by atoms with Crippen LogP contribution in [-0.2, 0) is 0 Å². The highest BCUT2D eigenvalue weighted by molar-refractivity contribution is 7.11. The van der Waals surface area contributed by atoms with Crippen molar-refractivity contribution in [2.45, 2.75) is 0 Å². The Balaban J connectivity index is 1.49. The molecule has 0 saturated carbocycles. The molecule has 5 rings (SSSR count). The first-order valence-corrected chi connectivity index (χ1v) is 10.9. The molecule has 0 saturated heterocycles. The Kier molecular flexibility index (Phi) is 5.13. The molecule has 0 radical (unpaired) electrons. The van der Waals surface area contributed by atoms with Crippen molar-refractivity contribution in [2.75, 3.05) is 0 Å². The molecule has 0 aliphatic carbocycles. The molecule has 0 bridgehead atoms. The van der Waals surface area contributed by atoms with E-state index in [0.717, 1.165) is 27.6 Å². The van der Waals surface area contributed by atoms with Gasteiger partial charge in [-0.2, -0.15) is 5.26 Å². The summed E-state index contributed by atoms with van der Waals surface area (Å²) in [4.78, 5) is 4.74. The number of halogens is 1. The maximum absolute atomic E-state index is 9.75. The van der Waals surface area contributed by atoms with E-state index in [9.17, 15) is 5.26 Å². The van der Waals surface area contributed by atoms with Gasteiger partial charge in [-0.1, -0.05) is 66.2 Å². The predicted octanol–water partition coefficient (Wildman–Crippen LogP) is 7.94. The summed E-state index contributed by atoms with van der Waals surface area (Å²) in [6.45, 7) is 0. The minimum Gasteiger partial charge on any atom is -0.457 e. The molecule has 0 N–H and O–H groups in total. The van der Waals surface area contributed by atoms with E-state index in [4.69, 9.17) is 21.0 Å². The highest BCUT2D eigenvalue weighted by atomic mass is 35.5. The maximum Gasteiger partial charge on any atom is 0.136 e. The molecular weight excluding hydrogens is 424 g/mol. The van der Waals surface area contributed by atoms with Crippen molar-refractivity contribution in [3.05, 3.63) is 100 Å². The molecule has 0 aliphatic rings. The van der Waals surface area contributed by atoms with Gasteiger partial charge in [-0.05, 0) is 35.0 Å². The second-order valence-corrected chi connectivity index (χ2v) is 8.18. The lowest BCUT2D eigenvalue weighted by Gasteiger charge is -2.03. The van der Waals surface area contributed by atoms with Gasteiger partial charge >= 0.3 is 0 Å². The zero-order valence-corrected chi connectivity index (χ0v) is 17.8. The Hall–Kier alpha value is -3.65. The summed E-state index contributed by atoms with van der Waals surface area (Å²) in [5, 5.41) is 15.3. The van der Waals surface area contributed by atoms with E-state index in [1.807, 2.05) is 60.0 Å². The third-order valence-electron chi connectivity index (χ3n) is 4.97. The average molecular weight is 439 g/mol. The van der Waals surface area contributed by atoms with Gasteiger partial charge in [0, 0.05) is 22.6 Å². The number of rotatable bonds is 4. The minimum atomic E-state index is 0.455. The number of hydrogen-bond acceptors (Lipinski definition) is 4. The van der Waals surface area contributed by atoms with E-state index in [1.165, 1.54) is 11.3 Å². The first-order chi connectivity index (χ1) is 15.2. The molecule has 0 amide bonds. The zero-order valence-electron chi connectivity index (χ0n) is 16.2. The van der Waals surface area contributed by atoms with Crippen LogP contribution in [0.15, 0.2) is 88.7 Å². The summed E-state index contributed by atoms with van der Waals surface area (Å²) >= 11 is 7.71. The molecule has 5 heteroatoms. The fourth-order valence-electron chi connectivity index (χ4n) is 3.49. The van der Waals surface area contributed by atoms with Crippen LogP contribution in [0.1, 0.15) is 10.8 Å². The van der Waals surface area contributed by atoms with E-state index >= 15 is 0 Å². The van der Waals surface area contributed by atoms with Gasteiger partial charge in [0.25, 0.3) is 0 Å². The molecule has 0 unspecified atom stereocenters. The lowest BCUT2D eigenvalue weighted by molar-refractivity contribution is 0.572. The Morgan fingerprint density at radius 2 is 1.71 bits per heavy atom. The van der Waals surface area contributed by atoms with E-state index in [1.54, 1.807) is 6.08 Å². The number of furan rings is 1. The molecule has 0 aliphatic heterocycles. The van der Waals surface area contributed by atoms with E-state index in [-0.39, 0.29) is 0 Å². The van der Waals surface area contributed by atoms with Crippen molar-refractivity contribution in [1.29, 1.82) is 5.26 Å². The predicted molar refractivity (Wildman–Crippen MR) is 128 cm³/mol. The number of benzene rings is 3. The quantitative estimate of drug-likeness (QED) is 0.267. The lowest BCUT2D eigenvalue weighted by atomic mass is 10.0. The summed E-state index contributed by atoms with van der Waals surface area (Å²) < 4.78 is 5.92. The van der Waals surface area contributed by atoms with Crippen LogP contribution in [0.3, 0.4) is 0 Å². The van der Waals surface area contributed by atoms with Crippen LogP contribution >= 0.6 is 22.9 Å². The number of aromatic nitrogens is 1. The number of nitriles is 1. The second kappa shape index (κ2) is 8.23. The third-order valence-corrected chi connectivity index (χ3v) is 6.18. The smallest absolute Gasteiger partial charge is 0.136 e. The fraction of sp³-hybridized carbons (Fsp3) is 0. The largest absolute Gasteiger partial charge is 0.457 e. The fourth-order valence-corrected chi connectivity index (χ4v) is 4.50. The molecule has 31 heavy (non-hydrogen) atoms. The summed E-state index contributed by atoms with van der Waals surface area (Å²) in [6.07, 6.45) is 1.71. The molecule has 0 atom stereocenters. The van der Waals surface area contributed by atoms with Gasteiger partial charge in [-0.3, -0.25) is 0 Å². The molecule has 2 aromatic heterocycles. The first-order valence-electron chi connectivity index (χ1n) is 9.63. The van der Waals surface area contributed by atoms with Crippen LogP contribution in [0.5, 0.6) is 0 Å². The van der Waals surface area contributed by atoms with Gasteiger partial charge in [-0.15, -0.1) is 11.3 Å². The molecule has 0 fully saturated rings. The lowest BCUT2D eigenvalue weighted by Crippen LogP contribution is -1.84. The van der Waals surface area contributed by atoms with Crippen LogP contribution in [-0.4, -0.2) is 4.98 Å². The van der Waals surface area contributed by atoms with E-state index < -0.39 is 0 Å². The maximum atomic E-state index is 9.75. The van der Waals surface area contributed by atoms with Gasteiger partial charge in [0.1, 0.15) is 22.6 Å². The first kappa shape index (κ1) is 19.3. The normalized spacial score (nSPS) is 11.5. The highest BCUT2D eigenvalue weighted by Crippen LogP contribution is 2.33. The van der Waals surface area contributed by atoms with Crippen molar-refractivity contribution in [2.24, 2.45) is 0 Å². The Labute approximate surface area is 188 Å². The highest BCUT2D eigenvalue weighted by Gasteiger charge is 2.13. The van der Waals surface area contributed by atoms with E-state index in [0.29, 0.717) is 27.1 Å². The number of thiazole rings is 1. The van der Waals surface area contributed by atoms with Crippen LogP contribution in [0, 0.1) is 11.3 Å². The third kappa shape index (κ3) is 3.77. The van der Waals surface area contributed by atoms with Crippen molar-refractivity contribution >= 4 is 45.4 Å². The topological polar surface area (TPSA) is 49.8 Å². The standard InChI is InChI=1S/C26H15ClN2OS/c27-23-11-4-3-9-22(23)25-13-12-19(30-25)14-18(15-28)26-29-24(16-31-26)21-10-5-7-17-6-1-2-8-20(17)21/h1-14,16H/b18-14+. The van der Waals surface area contributed by atoms with Gasteiger partial charge in [0.05, 0.1) is 16.3 Å². The van der Waals surface area contributed by atoms with Gasteiger partial charge in [-0.25, -0.2) is 4.98 Å². The van der Waals surface area contributed by atoms with Gasteiger partial charge in [0.2, 0.25) is 0 Å². The molecule has 148 valence electrons. The molecule has 3 aromatic carbocycles. The summed E-state index contributed by atoms with van der Waals surface area (Å²) in [6, 6.07) is 27.8. The SMILES string of the molecule is N#C/C(=C\c1ccc(-c2ccccc2Cl)o1)c1nc(-c2cccc3ccccc23)cs1. The van der Waals surface area contributed by atoms with Crippen LogP contribution in [0.25, 0.3) is 45.0 Å². The average Bonchev–Trinajstić information content (AvgIpc) is 3.47.